The van der Waals surface area contributed by atoms with Crippen molar-refractivity contribution in [3.05, 3.63) is 34.9 Å². The van der Waals surface area contributed by atoms with E-state index >= 15 is 0 Å². The lowest BCUT2D eigenvalue weighted by molar-refractivity contribution is 0.0581. The van der Waals surface area contributed by atoms with E-state index in [4.69, 9.17) is 16.3 Å². The van der Waals surface area contributed by atoms with E-state index in [0.29, 0.717) is 24.6 Å². The minimum absolute atomic E-state index is 0.515. The van der Waals surface area contributed by atoms with Crippen molar-refractivity contribution in [2.45, 2.75) is 18.9 Å². The fourth-order valence-corrected chi connectivity index (χ4v) is 1.85. The van der Waals surface area contributed by atoms with E-state index in [1.807, 2.05) is 24.3 Å². The fourth-order valence-electron chi connectivity index (χ4n) is 1.65. The Morgan fingerprint density at radius 2 is 2.12 bits per heavy atom. The average Bonchev–Trinajstić information content (AvgIpc) is 2.28. The molecule has 0 saturated heterocycles. The summed E-state index contributed by atoms with van der Waals surface area (Å²) in [4.78, 5) is 0. The highest BCUT2D eigenvalue weighted by atomic mass is 35.5. The predicted molar refractivity (Wildman–Crippen MR) is 70.5 cm³/mol. The molecule has 0 aliphatic heterocycles. The second-order valence-corrected chi connectivity index (χ2v) is 4.84. The molecule has 1 unspecified atom stereocenters. The quantitative estimate of drug-likeness (QED) is 0.733. The molecule has 0 radical (unpaired) electrons. The third-order valence-corrected chi connectivity index (χ3v) is 2.89. The summed E-state index contributed by atoms with van der Waals surface area (Å²) in [5.41, 5.74) is 0.159. The van der Waals surface area contributed by atoms with Gasteiger partial charge in [0.15, 0.2) is 0 Å². The summed E-state index contributed by atoms with van der Waals surface area (Å²) in [6.07, 6.45) is 0.534. The first-order valence-electron chi connectivity index (χ1n) is 5.70. The zero-order chi connectivity index (χ0) is 12.7. The van der Waals surface area contributed by atoms with Crippen LogP contribution in [0.4, 0.5) is 0 Å². The Morgan fingerprint density at radius 1 is 1.41 bits per heavy atom. The van der Waals surface area contributed by atoms with Gasteiger partial charge in [0.25, 0.3) is 0 Å². The Bertz CT molecular complexity index is 342. The van der Waals surface area contributed by atoms with Gasteiger partial charge in [-0.05, 0) is 18.6 Å². The molecule has 0 spiro atoms. The first-order chi connectivity index (χ1) is 8.05. The Kier molecular flexibility index (Phi) is 5.92. The smallest absolute Gasteiger partial charge is 0.0784 e. The number of ether oxygens (including phenoxy) is 1. The largest absolute Gasteiger partial charge is 0.389 e. The van der Waals surface area contributed by atoms with Crippen LogP contribution >= 0.6 is 11.6 Å². The zero-order valence-corrected chi connectivity index (χ0v) is 11.1. The molecular formula is C13H20ClNO2. The van der Waals surface area contributed by atoms with Crippen LogP contribution in [-0.4, -0.2) is 37.5 Å². The molecule has 0 amide bonds. The Balaban J connectivity index is 2.46. The summed E-state index contributed by atoms with van der Waals surface area (Å²) < 4.78 is 4.93. The third-order valence-electron chi connectivity index (χ3n) is 2.52. The Labute approximate surface area is 108 Å². The molecule has 0 aliphatic carbocycles. The van der Waals surface area contributed by atoms with E-state index in [0.717, 1.165) is 12.1 Å². The predicted octanol–water partition coefficient (Wildman–Crippen LogP) is 1.87. The Morgan fingerprint density at radius 3 is 2.76 bits per heavy atom. The summed E-state index contributed by atoms with van der Waals surface area (Å²) in [7, 11) is 1.66. The van der Waals surface area contributed by atoms with Gasteiger partial charge in [0.05, 0.1) is 12.2 Å². The SMILES string of the molecule is COCCNCC(C)(O)Cc1ccccc1Cl. The van der Waals surface area contributed by atoms with E-state index in [1.165, 1.54) is 0 Å². The first kappa shape index (κ1) is 14.5. The summed E-state index contributed by atoms with van der Waals surface area (Å²) >= 11 is 6.06. The first-order valence-corrected chi connectivity index (χ1v) is 6.08. The molecule has 1 aromatic rings. The van der Waals surface area contributed by atoms with E-state index in [2.05, 4.69) is 5.32 Å². The van der Waals surface area contributed by atoms with E-state index in [1.54, 1.807) is 14.0 Å². The number of hydrogen-bond acceptors (Lipinski definition) is 3. The lowest BCUT2D eigenvalue weighted by atomic mass is 9.96. The van der Waals surface area contributed by atoms with Crippen molar-refractivity contribution in [3.63, 3.8) is 0 Å². The van der Waals surface area contributed by atoms with Gasteiger partial charge in [-0.1, -0.05) is 29.8 Å². The number of hydrogen-bond donors (Lipinski definition) is 2. The van der Waals surface area contributed by atoms with Gasteiger partial charge in [-0.3, -0.25) is 0 Å². The monoisotopic (exact) mass is 257 g/mol. The number of nitrogens with one attached hydrogen (secondary N) is 1. The van der Waals surface area contributed by atoms with Crippen LogP contribution in [0.2, 0.25) is 5.02 Å². The van der Waals surface area contributed by atoms with Gasteiger partial charge in [-0.2, -0.15) is 0 Å². The van der Waals surface area contributed by atoms with E-state index in [9.17, 15) is 5.11 Å². The highest BCUT2D eigenvalue weighted by molar-refractivity contribution is 6.31. The van der Waals surface area contributed by atoms with Gasteiger partial charge in [-0.25, -0.2) is 0 Å². The molecule has 3 nitrogen and oxygen atoms in total. The molecule has 17 heavy (non-hydrogen) atoms. The number of methoxy groups -OCH3 is 1. The summed E-state index contributed by atoms with van der Waals surface area (Å²) in [6, 6.07) is 7.59. The standard InChI is InChI=1S/C13H20ClNO2/c1-13(16,10-15-7-8-17-2)9-11-5-3-4-6-12(11)14/h3-6,15-16H,7-10H2,1-2H3. The molecule has 0 fully saturated rings. The molecule has 0 aliphatic rings. The number of aliphatic hydroxyl groups is 1. The van der Waals surface area contributed by atoms with E-state index in [-0.39, 0.29) is 0 Å². The van der Waals surface area contributed by atoms with Crippen LogP contribution in [0.25, 0.3) is 0 Å². The van der Waals surface area contributed by atoms with Crippen LogP contribution in [-0.2, 0) is 11.2 Å². The molecule has 1 aromatic carbocycles. The minimum Gasteiger partial charge on any atom is -0.389 e. The van der Waals surface area contributed by atoms with Crippen LogP contribution in [0.5, 0.6) is 0 Å². The van der Waals surface area contributed by atoms with Crippen LogP contribution in [0.1, 0.15) is 12.5 Å². The van der Waals surface area contributed by atoms with Crippen molar-refractivity contribution in [1.29, 1.82) is 0 Å². The highest BCUT2D eigenvalue weighted by Gasteiger charge is 2.21. The molecule has 96 valence electrons. The van der Waals surface area contributed by atoms with Crippen molar-refractivity contribution in [2.75, 3.05) is 26.8 Å². The normalized spacial score (nSPS) is 14.6. The van der Waals surface area contributed by atoms with Gasteiger partial charge in [0.2, 0.25) is 0 Å². The molecule has 0 saturated carbocycles. The molecule has 0 heterocycles. The molecule has 1 rings (SSSR count). The van der Waals surface area contributed by atoms with Gasteiger partial charge in [-0.15, -0.1) is 0 Å². The van der Waals surface area contributed by atoms with Gasteiger partial charge in [0, 0.05) is 31.6 Å². The van der Waals surface area contributed by atoms with Crippen molar-refractivity contribution >= 4 is 11.6 Å². The minimum atomic E-state index is -0.807. The number of halogens is 1. The second kappa shape index (κ2) is 6.97. The second-order valence-electron chi connectivity index (χ2n) is 4.43. The van der Waals surface area contributed by atoms with Crippen LogP contribution < -0.4 is 5.32 Å². The summed E-state index contributed by atoms with van der Waals surface area (Å²) in [5.74, 6) is 0. The fraction of sp³-hybridized carbons (Fsp3) is 0.538. The van der Waals surface area contributed by atoms with Gasteiger partial charge >= 0.3 is 0 Å². The lowest BCUT2D eigenvalue weighted by Crippen LogP contribution is -2.40. The van der Waals surface area contributed by atoms with Crippen molar-refractivity contribution < 1.29 is 9.84 Å². The van der Waals surface area contributed by atoms with Crippen LogP contribution in [0, 0.1) is 0 Å². The summed E-state index contributed by atoms with van der Waals surface area (Å²) in [5, 5.41) is 14.1. The molecular weight excluding hydrogens is 238 g/mol. The lowest BCUT2D eigenvalue weighted by Gasteiger charge is -2.24. The van der Waals surface area contributed by atoms with Crippen molar-refractivity contribution in [1.82, 2.24) is 5.32 Å². The number of rotatable bonds is 7. The van der Waals surface area contributed by atoms with Crippen LogP contribution in [0.15, 0.2) is 24.3 Å². The molecule has 0 bridgehead atoms. The molecule has 2 N–H and O–H groups in total. The Hall–Kier alpha value is -0.610. The highest BCUT2D eigenvalue weighted by Crippen LogP contribution is 2.20. The molecule has 0 aromatic heterocycles. The maximum Gasteiger partial charge on any atom is 0.0784 e. The maximum atomic E-state index is 10.2. The van der Waals surface area contributed by atoms with Gasteiger partial charge in [0.1, 0.15) is 0 Å². The van der Waals surface area contributed by atoms with Crippen LogP contribution in [0.3, 0.4) is 0 Å². The molecule has 1 atom stereocenters. The average molecular weight is 258 g/mol. The van der Waals surface area contributed by atoms with E-state index < -0.39 is 5.60 Å². The topological polar surface area (TPSA) is 41.5 Å². The van der Waals surface area contributed by atoms with Gasteiger partial charge < -0.3 is 15.2 Å². The molecule has 4 heteroatoms. The zero-order valence-electron chi connectivity index (χ0n) is 10.4. The van der Waals surface area contributed by atoms with Crippen molar-refractivity contribution in [3.8, 4) is 0 Å². The number of benzene rings is 1. The maximum absolute atomic E-state index is 10.2. The summed E-state index contributed by atoms with van der Waals surface area (Å²) in [6.45, 7) is 3.69. The van der Waals surface area contributed by atoms with Crippen molar-refractivity contribution in [2.24, 2.45) is 0 Å². The third kappa shape index (κ3) is 5.50.